The number of hydrogen-bond acceptors (Lipinski definition) is 3. The number of aromatic nitrogens is 2. The SMILES string of the molecule is CCc1noc(-c2ccc(Br)c(F)c2)n1. The number of benzene rings is 1. The second-order valence-electron chi connectivity index (χ2n) is 3.00. The van der Waals surface area contributed by atoms with Gasteiger partial charge in [-0.3, -0.25) is 0 Å². The van der Waals surface area contributed by atoms with Gasteiger partial charge in [-0.2, -0.15) is 4.98 Å². The Kier molecular flexibility index (Phi) is 2.81. The molecule has 0 radical (unpaired) electrons. The quantitative estimate of drug-likeness (QED) is 0.841. The van der Waals surface area contributed by atoms with Crippen LogP contribution in [0.1, 0.15) is 12.7 Å². The molecule has 0 aliphatic rings. The van der Waals surface area contributed by atoms with Crippen LogP contribution in [-0.4, -0.2) is 10.1 Å². The van der Waals surface area contributed by atoms with Gasteiger partial charge in [-0.1, -0.05) is 12.1 Å². The third kappa shape index (κ3) is 2.07. The number of halogens is 2. The summed E-state index contributed by atoms with van der Waals surface area (Å²) >= 11 is 3.08. The van der Waals surface area contributed by atoms with E-state index in [9.17, 15) is 4.39 Å². The van der Waals surface area contributed by atoms with E-state index in [2.05, 4.69) is 26.1 Å². The van der Waals surface area contributed by atoms with Crippen molar-refractivity contribution in [1.29, 1.82) is 0 Å². The summed E-state index contributed by atoms with van der Waals surface area (Å²) < 4.78 is 18.6. The summed E-state index contributed by atoms with van der Waals surface area (Å²) in [5.41, 5.74) is 0.586. The van der Waals surface area contributed by atoms with Gasteiger partial charge >= 0.3 is 0 Å². The van der Waals surface area contributed by atoms with Gasteiger partial charge in [0.25, 0.3) is 5.89 Å². The number of rotatable bonds is 2. The van der Waals surface area contributed by atoms with Gasteiger partial charge in [0, 0.05) is 12.0 Å². The van der Waals surface area contributed by atoms with E-state index >= 15 is 0 Å². The Bertz CT molecular complexity index is 484. The Hall–Kier alpha value is -1.23. The number of nitrogens with zero attached hydrogens (tertiary/aromatic N) is 2. The molecule has 0 amide bonds. The standard InChI is InChI=1S/C10H8BrFN2O/c1-2-9-13-10(15-14-9)6-3-4-7(11)8(12)5-6/h3-5H,2H2,1H3. The summed E-state index contributed by atoms with van der Waals surface area (Å²) in [5.74, 6) is 0.621. The molecule has 0 spiro atoms. The number of aryl methyl sites for hydroxylation is 1. The molecule has 5 heteroatoms. The molecular weight excluding hydrogens is 263 g/mol. The van der Waals surface area contributed by atoms with Gasteiger partial charge in [-0.25, -0.2) is 4.39 Å². The fourth-order valence-corrected chi connectivity index (χ4v) is 1.39. The van der Waals surface area contributed by atoms with Gasteiger partial charge in [0.1, 0.15) is 5.82 Å². The zero-order valence-electron chi connectivity index (χ0n) is 8.00. The molecule has 0 bridgehead atoms. The summed E-state index contributed by atoms with van der Waals surface area (Å²) in [6.45, 7) is 1.93. The fourth-order valence-electron chi connectivity index (χ4n) is 1.14. The molecule has 2 aromatic rings. The first-order valence-corrected chi connectivity index (χ1v) is 5.28. The van der Waals surface area contributed by atoms with Crippen LogP contribution >= 0.6 is 15.9 Å². The molecular formula is C10H8BrFN2O. The molecule has 0 saturated heterocycles. The van der Waals surface area contributed by atoms with Crippen LogP contribution in [0.3, 0.4) is 0 Å². The van der Waals surface area contributed by atoms with Crippen LogP contribution in [-0.2, 0) is 6.42 Å². The average molecular weight is 271 g/mol. The summed E-state index contributed by atoms with van der Waals surface area (Å²) in [6.07, 6.45) is 0.697. The van der Waals surface area contributed by atoms with E-state index < -0.39 is 0 Å². The first kappa shape index (κ1) is 10.3. The highest BCUT2D eigenvalue weighted by atomic mass is 79.9. The lowest BCUT2D eigenvalue weighted by Crippen LogP contribution is -1.84. The fraction of sp³-hybridized carbons (Fsp3) is 0.200. The van der Waals surface area contributed by atoms with Crippen molar-refractivity contribution in [2.24, 2.45) is 0 Å². The van der Waals surface area contributed by atoms with Gasteiger partial charge in [0.05, 0.1) is 4.47 Å². The van der Waals surface area contributed by atoms with Crippen molar-refractivity contribution in [3.63, 3.8) is 0 Å². The van der Waals surface area contributed by atoms with Crippen LogP contribution in [0, 0.1) is 5.82 Å². The molecule has 0 aliphatic heterocycles. The molecule has 3 nitrogen and oxygen atoms in total. The molecule has 0 fully saturated rings. The van der Waals surface area contributed by atoms with Crippen LogP contribution in [0.2, 0.25) is 0 Å². The Labute approximate surface area is 94.4 Å². The van der Waals surface area contributed by atoms with Crippen molar-refractivity contribution in [2.75, 3.05) is 0 Å². The van der Waals surface area contributed by atoms with Gasteiger partial charge in [0.2, 0.25) is 0 Å². The summed E-state index contributed by atoms with van der Waals surface area (Å²) in [4.78, 5) is 4.11. The highest BCUT2D eigenvalue weighted by Gasteiger charge is 2.09. The van der Waals surface area contributed by atoms with Gasteiger partial charge in [0.15, 0.2) is 5.82 Å². The molecule has 78 valence electrons. The minimum absolute atomic E-state index is 0.344. The van der Waals surface area contributed by atoms with E-state index in [4.69, 9.17) is 4.52 Å². The molecule has 0 aliphatic carbocycles. The summed E-state index contributed by atoms with van der Waals surface area (Å²) in [7, 11) is 0. The van der Waals surface area contributed by atoms with Gasteiger partial charge in [-0.05, 0) is 34.1 Å². The van der Waals surface area contributed by atoms with Gasteiger partial charge in [-0.15, -0.1) is 0 Å². The van der Waals surface area contributed by atoms with Crippen LogP contribution in [0.4, 0.5) is 4.39 Å². The molecule has 2 rings (SSSR count). The second-order valence-corrected chi connectivity index (χ2v) is 3.85. The molecule has 0 unspecified atom stereocenters. The molecule has 1 aromatic carbocycles. The van der Waals surface area contributed by atoms with Crippen LogP contribution in [0.5, 0.6) is 0 Å². The van der Waals surface area contributed by atoms with E-state index in [1.165, 1.54) is 6.07 Å². The van der Waals surface area contributed by atoms with Crippen molar-refractivity contribution in [3.8, 4) is 11.5 Å². The minimum Gasteiger partial charge on any atom is -0.334 e. The Balaban J connectivity index is 2.40. The molecule has 1 heterocycles. The van der Waals surface area contributed by atoms with Crippen LogP contribution in [0.25, 0.3) is 11.5 Å². The lowest BCUT2D eigenvalue weighted by molar-refractivity contribution is 0.423. The average Bonchev–Trinajstić information content (AvgIpc) is 2.70. The predicted molar refractivity (Wildman–Crippen MR) is 56.8 cm³/mol. The lowest BCUT2D eigenvalue weighted by Gasteiger charge is -1.96. The van der Waals surface area contributed by atoms with E-state index in [1.54, 1.807) is 12.1 Å². The number of hydrogen-bond donors (Lipinski definition) is 0. The van der Waals surface area contributed by atoms with Crippen molar-refractivity contribution in [2.45, 2.75) is 13.3 Å². The van der Waals surface area contributed by atoms with Crippen molar-refractivity contribution in [3.05, 3.63) is 34.3 Å². The van der Waals surface area contributed by atoms with E-state index in [-0.39, 0.29) is 5.82 Å². The van der Waals surface area contributed by atoms with E-state index in [0.29, 0.717) is 28.2 Å². The molecule has 0 saturated carbocycles. The molecule has 15 heavy (non-hydrogen) atoms. The van der Waals surface area contributed by atoms with Crippen molar-refractivity contribution in [1.82, 2.24) is 10.1 Å². The third-order valence-electron chi connectivity index (χ3n) is 1.95. The second kappa shape index (κ2) is 4.10. The predicted octanol–water partition coefficient (Wildman–Crippen LogP) is 3.20. The molecule has 0 N–H and O–H groups in total. The normalized spacial score (nSPS) is 10.6. The third-order valence-corrected chi connectivity index (χ3v) is 2.59. The van der Waals surface area contributed by atoms with Crippen molar-refractivity contribution >= 4 is 15.9 Å². The topological polar surface area (TPSA) is 38.9 Å². The Morgan fingerprint density at radius 1 is 1.47 bits per heavy atom. The van der Waals surface area contributed by atoms with Crippen LogP contribution < -0.4 is 0 Å². The zero-order chi connectivity index (χ0) is 10.8. The molecule has 0 atom stereocenters. The van der Waals surface area contributed by atoms with E-state index in [0.717, 1.165) is 0 Å². The first-order valence-electron chi connectivity index (χ1n) is 4.48. The van der Waals surface area contributed by atoms with Gasteiger partial charge < -0.3 is 4.52 Å². The maximum atomic E-state index is 13.2. The lowest BCUT2D eigenvalue weighted by atomic mass is 10.2. The summed E-state index contributed by atoms with van der Waals surface area (Å²) in [6, 6.07) is 4.69. The zero-order valence-corrected chi connectivity index (χ0v) is 9.58. The maximum Gasteiger partial charge on any atom is 0.258 e. The first-order chi connectivity index (χ1) is 7.20. The Morgan fingerprint density at radius 3 is 2.87 bits per heavy atom. The highest BCUT2D eigenvalue weighted by molar-refractivity contribution is 9.10. The maximum absolute atomic E-state index is 13.2. The van der Waals surface area contributed by atoms with Crippen LogP contribution in [0.15, 0.2) is 27.2 Å². The summed E-state index contributed by atoms with van der Waals surface area (Å²) in [5, 5.41) is 3.74. The Morgan fingerprint density at radius 2 is 2.27 bits per heavy atom. The smallest absolute Gasteiger partial charge is 0.258 e. The minimum atomic E-state index is -0.344. The highest BCUT2D eigenvalue weighted by Crippen LogP contribution is 2.23. The van der Waals surface area contributed by atoms with Crippen molar-refractivity contribution < 1.29 is 8.91 Å². The molecule has 1 aromatic heterocycles. The van der Waals surface area contributed by atoms with E-state index in [1.807, 2.05) is 6.92 Å². The largest absolute Gasteiger partial charge is 0.334 e. The monoisotopic (exact) mass is 270 g/mol.